The van der Waals surface area contributed by atoms with E-state index in [1.807, 2.05) is 12.1 Å². The van der Waals surface area contributed by atoms with E-state index in [1.165, 1.54) is 6.08 Å². The lowest BCUT2D eigenvalue weighted by atomic mass is 10.2. The lowest BCUT2D eigenvalue weighted by Gasteiger charge is -2.10. The molecule has 2 rings (SSSR count). The Labute approximate surface area is 187 Å². The molecular formula is C18H15Br3N2O3S. The Morgan fingerprint density at radius 1 is 1.07 bits per heavy atom. The van der Waals surface area contributed by atoms with Crippen molar-refractivity contribution in [3.05, 3.63) is 55.4 Å². The van der Waals surface area contributed by atoms with Gasteiger partial charge in [0.25, 0.3) is 0 Å². The molecule has 2 aromatic carbocycles. The second kappa shape index (κ2) is 10.2. The van der Waals surface area contributed by atoms with E-state index in [9.17, 15) is 4.79 Å². The molecule has 0 saturated carbocycles. The van der Waals surface area contributed by atoms with Crippen LogP contribution in [0, 0.1) is 0 Å². The minimum Gasteiger partial charge on any atom is -0.496 e. The first kappa shape index (κ1) is 21.9. The third kappa shape index (κ3) is 6.31. The normalized spacial score (nSPS) is 10.6. The van der Waals surface area contributed by atoms with Gasteiger partial charge in [0.15, 0.2) is 5.11 Å². The van der Waals surface area contributed by atoms with E-state index in [4.69, 9.17) is 21.7 Å². The highest BCUT2D eigenvalue weighted by molar-refractivity contribution is 9.11. The van der Waals surface area contributed by atoms with Crippen LogP contribution >= 0.6 is 60.0 Å². The van der Waals surface area contributed by atoms with Crippen LogP contribution in [0.5, 0.6) is 11.5 Å². The number of methoxy groups -OCH3 is 2. The molecule has 0 aliphatic carbocycles. The highest BCUT2D eigenvalue weighted by atomic mass is 79.9. The molecule has 0 aromatic heterocycles. The standard InChI is InChI=1S/C18H15Br3N2O3S/c1-25-15-5-4-12(9-13(15)20)22-18(27)23-16(24)6-3-10-7-11(19)8-14(21)17(10)26-2/h3-9H,1-2H3,(H2,22,23,24,27). The maximum absolute atomic E-state index is 12.1. The summed E-state index contributed by atoms with van der Waals surface area (Å²) in [6.45, 7) is 0. The van der Waals surface area contributed by atoms with Gasteiger partial charge in [-0.25, -0.2) is 0 Å². The molecule has 9 heteroatoms. The summed E-state index contributed by atoms with van der Waals surface area (Å²) in [6.07, 6.45) is 3.03. The van der Waals surface area contributed by atoms with Gasteiger partial charge < -0.3 is 14.8 Å². The number of rotatable bonds is 5. The summed E-state index contributed by atoms with van der Waals surface area (Å²) in [5.74, 6) is 0.969. The van der Waals surface area contributed by atoms with E-state index in [-0.39, 0.29) is 11.0 Å². The molecule has 27 heavy (non-hydrogen) atoms. The number of anilines is 1. The molecule has 2 N–H and O–H groups in total. The zero-order valence-electron chi connectivity index (χ0n) is 14.3. The second-order valence-electron chi connectivity index (χ2n) is 5.14. The molecule has 2 aromatic rings. The maximum Gasteiger partial charge on any atom is 0.250 e. The van der Waals surface area contributed by atoms with Crippen LogP contribution in [-0.4, -0.2) is 25.2 Å². The van der Waals surface area contributed by atoms with Crippen LogP contribution in [0.25, 0.3) is 6.08 Å². The van der Waals surface area contributed by atoms with Crippen molar-refractivity contribution < 1.29 is 14.3 Å². The van der Waals surface area contributed by atoms with E-state index >= 15 is 0 Å². The number of carbonyl (C=O) groups is 1. The molecule has 0 heterocycles. The predicted molar refractivity (Wildman–Crippen MR) is 122 cm³/mol. The number of halogens is 3. The molecule has 0 atom stereocenters. The molecule has 0 aliphatic rings. The van der Waals surface area contributed by atoms with Crippen LogP contribution in [0.2, 0.25) is 0 Å². The first-order valence-corrected chi connectivity index (χ1v) is 10.3. The van der Waals surface area contributed by atoms with Gasteiger partial charge in [0.2, 0.25) is 5.91 Å². The summed E-state index contributed by atoms with van der Waals surface area (Å²) in [7, 11) is 3.15. The summed E-state index contributed by atoms with van der Waals surface area (Å²) in [6, 6.07) is 9.09. The van der Waals surface area contributed by atoms with Crippen LogP contribution in [0.4, 0.5) is 5.69 Å². The summed E-state index contributed by atoms with van der Waals surface area (Å²) >= 11 is 15.4. The van der Waals surface area contributed by atoms with Crippen LogP contribution in [0.1, 0.15) is 5.56 Å². The maximum atomic E-state index is 12.1. The number of benzene rings is 2. The van der Waals surface area contributed by atoms with Gasteiger partial charge in [0, 0.05) is 21.8 Å². The Bertz CT molecular complexity index is 904. The fourth-order valence-electron chi connectivity index (χ4n) is 2.14. The third-order valence-corrected chi connectivity index (χ3v) is 5.17. The van der Waals surface area contributed by atoms with Gasteiger partial charge in [0.1, 0.15) is 11.5 Å². The zero-order chi connectivity index (χ0) is 20.0. The number of nitrogens with one attached hydrogen (secondary N) is 2. The fraction of sp³-hybridized carbons (Fsp3) is 0.111. The molecule has 5 nitrogen and oxygen atoms in total. The summed E-state index contributed by atoms with van der Waals surface area (Å²) < 4.78 is 12.9. The van der Waals surface area contributed by atoms with Gasteiger partial charge in [-0.05, 0) is 80.5 Å². The van der Waals surface area contributed by atoms with Gasteiger partial charge in [-0.15, -0.1) is 0 Å². The van der Waals surface area contributed by atoms with Crippen molar-refractivity contribution in [3.8, 4) is 11.5 Å². The van der Waals surface area contributed by atoms with Crippen molar-refractivity contribution in [1.82, 2.24) is 5.32 Å². The minimum absolute atomic E-state index is 0.184. The van der Waals surface area contributed by atoms with Crippen LogP contribution in [0.3, 0.4) is 0 Å². The average Bonchev–Trinajstić information content (AvgIpc) is 2.59. The zero-order valence-corrected chi connectivity index (χ0v) is 19.9. The van der Waals surface area contributed by atoms with Gasteiger partial charge >= 0.3 is 0 Å². The summed E-state index contributed by atoms with van der Waals surface area (Å²) in [5, 5.41) is 5.73. The number of hydrogen-bond acceptors (Lipinski definition) is 4. The first-order valence-electron chi connectivity index (χ1n) is 7.50. The van der Waals surface area contributed by atoms with Crippen molar-refractivity contribution in [2.75, 3.05) is 19.5 Å². The highest BCUT2D eigenvalue weighted by Gasteiger charge is 2.08. The van der Waals surface area contributed by atoms with Gasteiger partial charge in [0.05, 0.1) is 23.2 Å². The van der Waals surface area contributed by atoms with E-state index < -0.39 is 0 Å². The van der Waals surface area contributed by atoms with Crippen molar-refractivity contribution in [3.63, 3.8) is 0 Å². The smallest absolute Gasteiger partial charge is 0.250 e. The molecule has 0 unspecified atom stereocenters. The molecule has 142 valence electrons. The van der Waals surface area contributed by atoms with Gasteiger partial charge in [-0.3, -0.25) is 10.1 Å². The monoisotopic (exact) mass is 576 g/mol. The Morgan fingerprint density at radius 2 is 1.81 bits per heavy atom. The lowest BCUT2D eigenvalue weighted by Crippen LogP contribution is -2.32. The predicted octanol–water partition coefficient (Wildman–Crippen LogP) is 5.52. The summed E-state index contributed by atoms with van der Waals surface area (Å²) in [4.78, 5) is 12.1. The molecule has 0 aliphatic heterocycles. The topological polar surface area (TPSA) is 59.6 Å². The summed E-state index contributed by atoms with van der Waals surface area (Å²) in [5.41, 5.74) is 1.46. The molecule has 0 fully saturated rings. The second-order valence-corrected chi connectivity index (χ2v) is 8.17. The largest absolute Gasteiger partial charge is 0.496 e. The fourth-order valence-corrected chi connectivity index (χ4v) is 4.32. The minimum atomic E-state index is -0.363. The van der Waals surface area contributed by atoms with Crippen molar-refractivity contribution >= 4 is 82.8 Å². The first-order chi connectivity index (χ1) is 12.8. The van der Waals surface area contributed by atoms with E-state index in [2.05, 4.69) is 58.4 Å². The molecule has 0 radical (unpaired) electrons. The Balaban J connectivity index is 2.02. The van der Waals surface area contributed by atoms with E-state index in [1.54, 1.807) is 38.5 Å². The lowest BCUT2D eigenvalue weighted by molar-refractivity contribution is -0.115. The third-order valence-electron chi connectivity index (χ3n) is 3.30. The van der Waals surface area contributed by atoms with E-state index in [0.717, 1.165) is 24.7 Å². The Kier molecular flexibility index (Phi) is 8.28. The van der Waals surface area contributed by atoms with Gasteiger partial charge in [-0.2, -0.15) is 0 Å². The number of amides is 1. The van der Waals surface area contributed by atoms with Crippen molar-refractivity contribution in [2.45, 2.75) is 0 Å². The molecular weight excluding hydrogens is 564 g/mol. The SMILES string of the molecule is COc1ccc(NC(=S)NC(=O)C=Cc2cc(Br)cc(Br)c2OC)cc1Br. The molecule has 0 bridgehead atoms. The Morgan fingerprint density at radius 3 is 2.44 bits per heavy atom. The number of carbonyl (C=O) groups excluding carboxylic acids is 1. The van der Waals surface area contributed by atoms with Crippen LogP contribution in [-0.2, 0) is 4.79 Å². The number of ether oxygens (including phenoxy) is 2. The van der Waals surface area contributed by atoms with Gasteiger partial charge in [-0.1, -0.05) is 15.9 Å². The molecule has 0 spiro atoms. The van der Waals surface area contributed by atoms with Crippen LogP contribution in [0.15, 0.2) is 49.8 Å². The van der Waals surface area contributed by atoms with Crippen molar-refractivity contribution in [2.24, 2.45) is 0 Å². The highest BCUT2D eigenvalue weighted by Crippen LogP contribution is 2.33. The quantitative estimate of drug-likeness (QED) is 0.362. The van der Waals surface area contributed by atoms with E-state index in [0.29, 0.717) is 11.5 Å². The Hall–Kier alpha value is -1.42. The average molecular weight is 579 g/mol. The number of hydrogen-bond donors (Lipinski definition) is 2. The number of thiocarbonyl (C=S) groups is 1. The van der Waals surface area contributed by atoms with Crippen LogP contribution < -0.4 is 20.1 Å². The van der Waals surface area contributed by atoms with Crippen molar-refractivity contribution in [1.29, 1.82) is 0 Å². The molecule has 1 amide bonds. The molecule has 0 saturated heterocycles.